The number of ether oxygens (including phenoxy) is 1. The van der Waals surface area contributed by atoms with Crippen LogP contribution in [0.3, 0.4) is 0 Å². The number of hydrogen-bond donors (Lipinski definition) is 0. The largest absolute Gasteiger partial charge is 0.497 e. The molecule has 2 heterocycles. The van der Waals surface area contributed by atoms with E-state index in [-0.39, 0.29) is 5.91 Å². The van der Waals surface area contributed by atoms with Crippen LogP contribution in [-0.2, 0) is 0 Å². The minimum atomic E-state index is 0.162. The maximum Gasteiger partial charge on any atom is 0.254 e. The van der Waals surface area contributed by atoms with E-state index in [1.165, 1.54) is 32.4 Å². The molecule has 0 aliphatic carbocycles. The van der Waals surface area contributed by atoms with Crippen LogP contribution in [0, 0.1) is 0 Å². The lowest BCUT2D eigenvalue weighted by atomic mass is 9.98. The van der Waals surface area contributed by atoms with Crippen LogP contribution in [0.5, 0.6) is 5.75 Å². The number of benzene rings is 1. The van der Waals surface area contributed by atoms with Gasteiger partial charge in [-0.2, -0.15) is 0 Å². The van der Waals surface area contributed by atoms with Gasteiger partial charge < -0.3 is 14.5 Å². The summed E-state index contributed by atoms with van der Waals surface area (Å²) in [6.45, 7) is 4.49. The maximum absolute atomic E-state index is 12.9. The van der Waals surface area contributed by atoms with Crippen LogP contribution in [0.4, 0.5) is 0 Å². The quantitative estimate of drug-likeness (QED) is 0.836. The third-order valence-electron chi connectivity index (χ3n) is 5.18. The van der Waals surface area contributed by atoms with Gasteiger partial charge in [0.1, 0.15) is 5.75 Å². The number of hydrogen-bond acceptors (Lipinski definition) is 3. The maximum atomic E-state index is 12.9. The molecule has 0 bridgehead atoms. The summed E-state index contributed by atoms with van der Waals surface area (Å²) in [6.07, 6.45) is 7.27. The predicted octanol–water partition coefficient (Wildman–Crippen LogP) is 3.18. The summed E-state index contributed by atoms with van der Waals surface area (Å²) in [7, 11) is 1.64. The second-order valence-corrected chi connectivity index (χ2v) is 6.72. The van der Waals surface area contributed by atoms with E-state index in [9.17, 15) is 4.79 Å². The van der Waals surface area contributed by atoms with Gasteiger partial charge in [0.15, 0.2) is 0 Å². The van der Waals surface area contributed by atoms with Crippen molar-refractivity contribution in [2.75, 3.05) is 33.3 Å². The number of rotatable bonds is 5. The van der Waals surface area contributed by atoms with Crippen LogP contribution < -0.4 is 4.74 Å². The van der Waals surface area contributed by atoms with Gasteiger partial charge in [0.05, 0.1) is 7.11 Å². The van der Waals surface area contributed by atoms with Gasteiger partial charge >= 0.3 is 0 Å². The van der Waals surface area contributed by atoms with Crippen LogP contribution in [0.1, 0.15) is 48.9 Å². The Morgan fingerprint density at radius 3 is 2.74 bits per heavy atom. The first-order chi connectivity index (χ1) is 11.3. The van der Waals surface area contributed by atoms with E-state index in [1.807, 2.05) is 24.3 Å². The minimum Gasteiger partial charge on any atom is -0.497 e. The van der Waals surface area contributed by atoms with Crippen molar-refractivity contribution in [3.63, 3.8) is 0 Å². The van der Waals surface area contributed by atoms with E-state index < -0.39 is 0 Å². The van der Waals surface area contributed by atoms with Crippen molar-refractivity contribution in [1.82, 2.24) is 9.80 Å². The van der Waals surface area contributed by atoms with Gasteiger partial charge in [0, 0.05) is 24.7 Å². The zero-order chi connectivity index (χ0) is 16.1. The van der Waals surface area contributed by atoms with Gasteiger partial charge in [-0.1, -0.05) is 6.07 Å². The van der Waals surface area contributed by atoms with Crippen LogP contribution in [0.25, 0.3) is 0 Å². The Balaban J connectivity index is 1.65. The summed E-state index contributed by atoms with van der Waals surface area (Å²) in [4.78, 5) is 17.6. The fourth-order valence-electron chi connectivity index (χ4n) is 3.83. The van der Waals surface area contributed by atoms with Crippen molar-refractivity contribution >= 4 is 5.91 Å². The lowest BCUT2D eigenvalue weighted by Crippen LogP contribution is -2.45. The average molecular weight is 316 g/mol. The van der Waals surface area contributed by atoms with Crippen molar-refractivity contribution in [1.29, 1.82) is 0 Å². The summed E-state index contributed by atoms with van der Waals surface area (Å²) in [5.74, 6) is 0.913. The van der Waals surface area contributed by atoms with Gasteiger partial charge in [0.2, 0.25) is 0 Å². The zero-order valence-electron chi connectivity index (χ0n) is 14.2. The molecule has 3 rings (SSSR count). The van der Waals surface area contributed by atoms with Crippen molar-refractivity contribution < 1.29 is 9.53 Å². The number of likely N-dealkylation sites (tertiary alicyclic amines) is 2. The summed E-state index contributed by atoms with van der Waals surface area (Å²) >= 11 is 0. The number of amides is 1. The Morgan fingerprint density at radius 1 is 1.17 bits per heavy atom. The van der Waals surface area contributed by atoms with Crippen LogP contribution in [0.15, 0.2) is 24.3 Å². The molecule has 0 unspecified atom stereocenters. The van der Waals surface area contributed by atoms with E-state index in [0.717, 1.165) is 43.7 Å². The van der Waals surface area contributed by atoms with E-state index in [4.69, 9.17) is 4.74 Å². The molecule has 0 spiro atoms. The minimum absolute atomic E-state index is 0.162. The Bertz CT molecular complexity index is 526. The lowest BCUT2D eigenvalue weighted by molar-refractivity contribution is 0.0587. The fourth-order valence-corrected chi connectivity index (χ4v) is 3.83. The third-order valence-corrected chi connectivity index (χ3v) is 5.18. The number of piperidine rings is 1. The molecule has 4 heteroatoms. The summed E-state index contributed by atoms with van der Waals surface area (Å²) in [5.41, 5.74) is 0.748. The van der Waals surface area contributed by atoms with Crippen molar-refractivity contribution in [2.45, 2.75) is 44.6 Å². The molecule has 1 aromatic rings. The lowest BCUT2D eigenvalue weighted by Gasteiger charge is -2.36. The molecular formula is C19H28N2O2. The number of methoxy groups -OCH3 is 1. The monoisotopic (exact) mass is 316 g/mol. The summed E-state index contributed by atoms with van der Waals surface area (Å²) < 4.78 is 5.26. The molecule has 0 N–H and O–H groups in total. The van der Waals surface area contributed by atoms with Crippen molar-refractivity contribution in [3.05, 3.63) is 29.8 Å². The second kappa shape index (κ2) is 7.82. The predicted molar refractivity (Wildman–Crippen MR) is 92.0 cm³/mol. The van der Waals surface area contributed by atoms with Crippen LogP contribution in [-0.4, -0.2) is 55.0 Å². The van der Waals surface area contributed by atoms with Gasteiger partial charge in [-0.25, -0.2) is 0 Å². The summed E-state index contributed by atoms with van der Waals surface area (Å²) in [6, 6.07) is 7.93. The van der Waals surface area contributed by atoms with Crippen molar-refractivity contribution in [3.8, 4) is 5.75 Å². The topological polar surface area (TPSA) is 32.8 Å². The van der Waals surface area contributed by atoms with E-state index >= 15 is 0 Å². The van der Waals surface area contributed by atoms with E-state index in [0.29, 0.717) is 6.04 Å². The molecule has 2 aliphatic rings. The molecular weight excluding hydrogens is 288 g/mol. The molecule has 126 valence electrons. The average Bonchev–Trinajstić information content (AvgIpc) is 3.13. The summed E-state index contributed by atoms with van der Waals surface area (Å²) in [5, 5.41) is 0. The Morgan fingerprint density at radius 2 is 1.96 bits per heavy atom. The highest BCUT2D eigenvalue weighted by molar-refractivity contribution is 5.94. The molecule has 2 aliphatic heterocycles. The normalized spacial score (nSPS) is 22.3. The number of carbonyl (C=O) groups excluding carboxylic acids is 1. The third kappa shape index (κ3) is 4.05. The van der Waals surface area contributed by atoms with E-state index in [1.54, 1.807) is 7.11 Å². The highest BCUT2D eigenvalue weighted by Gasteiger charge is 2.28. The van der Waals surface area contributed by atoms with Crippen molar-refractivity contribution in [2.24, 2.45) is 0 Å². The number of nitrogens with zero attached hydrogens (tertiary/aromatic N) is 2. The van der Waals surface area contributed by atoms with Gasteiger partial charge in [-0.15, -0.1) is 0 Å². The van der Waals surface area contributed by atoms with Crippen LogP contribution >= 0.6 is 0 Å². The molecule has 1 aromatic carbocycles. The first-order valence-corrected chi connectivity index (χ1v) is 8.95. The van der Waals surface area contributed by atoms with E-state index in [2.05, 4.69) is 9.80 Å². The van der Waals surface area contributed by atoms with Gasteiger partial charge in [-0.3, -0.25) is 4.79 Å². The molecule has 0 radical (unpaired) electrons. The van der Waals surface area contributed by atoms with Gasteiger partial charge in [0.25, 0.3) is 5.91 Å². The SMILES string of the molecule is COc1cccc(C(=O)N2CCCC[C@@H]2CCN2CCCC2)c1. The van der Waals surface area contributed by atoms with Gasteiger partial charge in [-0.05, 0) is 69.8 Å². The second-order valence-electron chi connectivity index (χ2n) is 6.72. The molecule has 23 heavy (non-hydrogen) atoms. The fraction of sp³-hybridized carbons (Fsp3) is 0.632. The highest BCUT2D eigenvalue weighted by atomic mass is 16.5. The smallest absolute Gasteiger partial charge is 0.254 e. The molecule has 1 atom stereocenters. The highest BCUT2D eigenvalue weighted by Crippen LogP contribution is 2.24. The molecule has 2 saturated heterocycles. The standard InChI is InChI=1S/C19H28N2O2/c1-23-18-9-6-7-16(15-18)19(22)21-13-3-2-8-17(21)10-14-20-11-4-5-12-20/h6-7,9,15,17H,2-5,8,10-14H2,1H3/t17-/m1/s1. The van der Waals surface area contributed by atoms with Crippen LogP contribution in [0.2, 0.25) is 0 Å². The Labute approximate surface area is 139 Å². The molecule has 4 nitrogen and oxygen atoms in total. The molecule has 0 saturated carbocycles. The molecule has 0 aromatic heterocycles. The first kappa shape index (κ1) is 16.3. The Hall–Kier alpha value is -1.55. The zero-order valence-corrected chi connectivity index (χ0v) is 14.2. The Kier molecular flexibility index (Phi) is 5.55. The number of carbonyl (C=O) groups is 1. The first-order valence-electron chi connectivity index (χ1n) is 8.95. The molecule has 2 fully saturated rings. The molecule has 1 amide bonds.